The predicted molar refractivity (Wildman–Crippen MR) is 50.9 cm³/mol. The SMILES string of the molecule is C.C.C=C.CC.CC1[CH-]O1.[W].[W]. The van der Waals surface area contributed by atoms with Crippen LogP contribution in [0.4, 0.5) is 0 Å². The number of rotatable bonds is 0. The van der Waals surface area contributed by atoms with Crippen LogP contribution in [-0.4, -0.2) is 6.10 Å². The van der Waals surface area contributed by atoms with Crippen molar-refractivity contribution in [2.24, 2.45) is 0 Å². The molecule has 1 nitrogen and oxygen atoms in total. The quantitative estimate of drug-likeness (QED) is 0.273. The predicted octanol–water partition coefficient (Wildman–Crippen LogP) is 3.66. The van der Waals surface area contributed by atoms with E-state index in [4.69, 9.17) is 0 Å². The van der Waals surface area contributed by atoms with E-state index in [1.807, 2.05) is 20.8 Å². The van der Waals surface area contributed by atoms with E-state index >= 15 is 0 Å². The Morgan fingerprint density at radius 2 is 1.17 bits per heavy atom. The van der Waals surface area contributed by atoms with Gasteiger partial charge in [0.1, 0.15) is 0 Å². The van der Waals surface area contributed by atoms with Gasteiger partial charge in [0, 0.05) is 42.1 Å². The summed E-state index contributed by atoms with van der Waals surface area (Å²) in [6, 6.07) is 0. The molecule has 0 bridgehead atoms. The molecule has 0 spiro atoms. The Hall–Kier alpha value is 1.08. The van der Waals surface area contributed by atoms with Crippen LogP contribution in [0.3, 0.4) is 0 Å². The molecule has 0 aromatic heterocycles. The third kappa shape index (κ3) is 67.7. The van der Waals surface area contributed by atoms with Crippen molar-refractivity contribution in [2.75, 3.05) is 0 Å². The van der Waals surface area contributed by atoms with Crippen molar-refractivity contribution >= 4 is 0 Å². The third-order valence-electron chi connectivity index (χ3n) is 0.408. The maximum atomic E-state index is 4.58. The standard InChI is InChI=1S/C3H5O.C2H6.C2H4.2CH4.2W/c1-3-2-4-3;2*1-2;;;;/h2-3H,1H3;1-2H3;1-2H2;2*1H4;;/q-1;;;;;;. The number of epoxide rings is 1. The minimum Gasteiger partial charge on any atom is -0.570 e. The number of hydrogen-bond donors (Lipinski definition) is 0. The van der Waals surface area contributed by atoms with Crippen molar-refractivity contribution in [3.63, 3.8) is 0 Å². The fourth-order valence-electron chi connectivity index (χ4n) is 0.0786. The van der Waals surface area contributed by atoms with Crippen LogP contribution >= 0.6 is 0 Å². The molecule has 12 heavy (non-hydrogen) atoms. The zero-order chi connectivity index (χ0) is 6.99. The molecule has 78 valence electrons. The van der Waals surface area contributed by atoms with Gasteiger partial charge in [-0.25, -0.2) is 0 Å². The zero-order valence-corrected chi connectivity index (χ0v) is 12.7. The van der Waals surface area contributed by atoms with E-state index in [0.717, 1.165) is 0 Å². The molecule has 0 amide bonds. The van der Waals surface area contributed by atoms with Gasteiger partial charge < -0.3 is 4.74 Å². The van der Waals surface area contributed by atoms with Gasteiger partial charge in [0.05, 0.1) is 0 Å². The molecule has 0 aromatic carbocycles. The molecule has 1 fully saturated rings. The summed E-state index contributed by atoms with van der Waals surface area (Å²) in [4.78, 5) is 0. The molecule has 0 N–H and O–H groups in total. The molecule has 1 rings (SSSR count). The summed E-state index contributed by atoms with van der Waals surface area (Å²) in [5.74, 6) is 0. The van der Waals surface area contributed by atoms with Gasteiger partial charge >= 0.3 is 0 Å². The van der Waals surface area contributed by atoms with Crippen LogP contribution in [0, 0.1) is 6.61 Å². The van der Waals surface area contributed by atoms with Gasteiger partial charge in [-0.1, -0.05) is 41.7 Å². The van der Waals surface area contributed by atoms with Crippen molar-refractivity contribution in [1.82, 2.24) is 0 Å². The summed E-state index contributed by atoms with van der Waals surface area (Å²) in [5.41, 5.74) is 0. The summed E-state index contributed by atoms with van der Waals surface area (Å²) >= 11 is 0. The van der Waals surface area contributed by atoms with Crippen LogP contribution in [0.25, 0.3) is 0 Å². The molecule has 1 aliphatic heterocycles. The van der Waals surface area contributed by atoms with E-state index in [1.54, 1.807) is 6.61 Å². The second kappa shape index (κ2) is 40.1. The molecule has 1 saturated heterocycles. The molecule has 0 aromatic rings. The van der Waals surface area contributed by atoms with E-state index in [9.17, 15) is 0 Å². The maximum Gasteiger partial charge on any atom is 0 e. The first-order valence-electron chi connectivity index (χ1n) is 2.88. The van der Waals surface area contributed by atoms with E-state index < -0.39 is 0 Å². The van der Waals surface area contributed by atoms with Gasteiger partial charge in [0.2, 0.25) is 0 Å². The normalized spacial score (nSPS) is 14.1. The van der Waals surface area contributed by atoms with Crippen LogP contribution in [-0.2, 0) is 46.9 Å². The molecule has 1 unspecified atom stereocenters. The fraction of sp³-hybridized carbons (Fsp3) is 0.667. The van der Waals surface area contributed by atoms with Crippen LogP contribution < -0.4 is 0 Å². The Labute approximate surface area is 108 Å². The Bertz CT molecular complexity index is 39.5. The van der Waals surface area contributed by atoms with Crippen LogP contribution in [0.15, 0.2) is 13.2 Å². The summed E-state index contributed by atoms with van der Waals surface area (Å²) in [5, 5.41) is 0. The van der Waals surface area contributed by atoms with Gasteiger partial charge in [-0.05, 0) is 0 Å². The summed E-state index contributed by atoms with van der Waals surface area (Å²) in [6.07, 6.45) is 0.458. The Kier molecular flexibility index (Phi) is 127. The summed E-state index contributed by atoms with van der Waals surface area (Å²) in [7, 11) is 0. The van der Waals surface area contributed by atoms with Crippen molar-refractivity contribution in [3.8, 4) is 0 Å². The largest absolute Gasteiger partial charge is 0.570 e. The van der Waals surface area contributed by atoms with Crippen molar-refractivity contribution < 1.29 is 46.9 Å². The summed E-state index contributed by atoms with van der Waals surface area (Å²) < 4.78 is 4.58. The minimum absolute atomic E-state index is 0. The van der Waals surface area contributed by atoms with E-state index in [0.29, 0.717) is 6.10 Å². The molecule has 3 heteroatoms. The average molecular weight is 515 g/mol. The van der Waals surface area contributed by atoms with E-state index in [-0.39, 0.29) is 57.0 Å². The molecule has 0 aliphatic carbocycles. The molecular weight excluding hydrogens is 492 g/mol. The molecule has 0 radical (unpaired) electrons. The van der Waals surface area contributed by atoms with Gasteiger partial charge in [-0.15, -0.1) is 13.2 Å². The second-order valence-electron chi connectivity index (χ2n) is 0.977. The minimum atomic E-state index is 0. The molecule has 1 aliphatic rings. The molecule has 1 atom stereocenters. The Balaban J connectivity index is -0.0000000105. The first kappa shape index (κ1) is 38.1. The monoisotopic (exact) mass is 515 g/mol. The van der Waals surface area contributed by atoms with Gasteiger partial charge in [0.25, 0.3) is 0 Å². The maximum absolute atomic E-state index is 4.58. The first-order valence-corrected chi connectivity index (χ1v) is 2.88. The zero-order valence-electron chi connectivity index (χ0n) is 6.79. The second-order valence-corrected chi connectivity index (χ2v) is 0.977. The van der Waals surface area contributed by atoms with E-state index in [2.05, 4.69) is 17.9 Å². The Morgan fingerprint density at radius 3 is 1.17 bits per heavy atom. The van der Waals surface area contributed by atoms with Crippen LogP contribution in [0.2, 0.25) is 0 Å². The smallest absolute Gasteiger partial charge is 0 e. The third-order valence-corrected chi connectivity index (χ3v) is 0.408. The summed E-state index contributed by atoms with van der Waals surface area (Å²) in [6.45, 7) is 13.8. The van der Waals surface area contributed by atoms with Gasteiger partial charge in [-0.2, -0.15) is 6.61 Å². The molecule has 1 heterocycles. The number of hydrogen-bond acceptors (Lipinski definition) is 1. The van der Waals surface area contributed by atoms with E-state index in [1.165, 1.54) is 0 Å². The van der Waals surface area contributed by atoms with Crippen LogP contribution in [0.1, 0.15) is 35.6 Å². The number of ether oxygens (including phenoxy) is 1. The van der Waals surface area contributed by atoms with Crippen molar-refractivity contribution in [2.45, 2.75) is 41.7 Å². The first-order chi connectivity index (χ1) is 3.89. The topological polar surface area (TPSA) is 12.5 Å². The Morgan fingerprint density at radius 1 is 1.08 bits per heavy atom. The average Bonchev–Trinajstić information content (AvgIpc) is 2.62. The van der Waals surface area contributed by atoms with Crippen molar-refractivity contribution in [3.05, 3.63) is 19.8 Å². The van der Waals surface area contributed by atoms with Crippen LogP contribution in [0.5, 0.6) is 0 Å². The van der Waals surface area contributed by atoms with Gasteiger partial charge in [0.15, 0.2) is 0 Å². The molecule has 0 saturated carbocycles. The van der Waals surface area contributed by atoms with Gasteiger partial charge in [-0.3, -0.25) is 0 Å². The molecular formula is C9H23OW2-. The fourth-order valence-corrected chi connectivity index (χ4v) is 0.0786. The van der Waals surface area contributed by atoms with Crippen molar-refractivity contribution in [1.29, 1.82) is 0 Å².